The predicted molar refractivity (Wildman–Crippen MR) is 72.5 cm³/mol. The fourth-order valence-corrected chi connectivity index (χ4v) is 1.57. The van der Waals surface area contributed by atoms with E-state index >= 15 is 0 Å². The van der Waals surface area contributed by atoms with Crippen molar-refractivity contribution in [3.05, 3.63) is 30.1 Å². The third-order valence-corrected chi connectivity index (χ3v) is 3.33. The lowest BCUT2D eigenvalue weighted by Gasteiger charge is -2.28. The monoisotopic (exact) mass is 245 g/mol. The highest BCUT2D eigenvalue weighted by Gasteiger charge is 2.22. The maximum absolute atomic E-state index is 12.1. The molecule has 0 fully saturated rings. The van der Waals surface area contributed by atoms with Gasteiger partial charge in [-0.05, 0) is 30.5 Å². The molecule has 0 spiro atoms. The lowest BCUT2D eigenvalue weighted by Crippen LogP contribution is -2.41. The van der Waals surface area contributed by atoms with Gasteiger partial charge in [-0.2, -0.15) is 0 Å². The van der Waals surface area contributed by atoms with Crippen LogP contribution >= 0.6 is 0 Å². The molecule has 0 radical (unpaired) electrons. The fraction of sp³-hybridized carbons (Fsp3) is 0.429. The number of rotatable bonds is 2. The molecule has 4 nitrogen and oxygen atoms in total. The number of hydrogen-bond acceptors (Lipinski definition) is 2. The molecule has 1 unspecified atom stereocenters. The molecule has 96 valence electrons. The first-order valence-electron chi connectivity index (χ1n) is 6.12. The van der Waals surface area contributed by atoms with E-state index in [1.54, 1.807) is 12.4 Å². The Kier molecular flexibility index (Phi) is 3.11. The zero-order valence-electron chi connectivity index (χ0n) is 11.2. The lowest BCUT2D eigenvalue weighted by molar-refractivity contribution is 0.0910. The van der Waals surface area contributed by atoms with Crippen molar-refractivity contribution in [2.24, 2.45) is 5.41 Å². The van der Waals surface area contributed by atoms with Crippen LogP contribution in [0.15, 0.2) is 24.5 Å². The zero-order chi connectivity index (χ0) is 13.3. The number of hydrogen-bond donors (Lipinski definition) is 2. The van der Waals surface area contributed by atoms with Crippen LogP contribution in [0.4, 0.5) is 0 Å². The third kappa shape index (κ3) is 2.53. The number of imidazole rings is 1. The van der Waals surface area contributed by atoms with E-state index in [2.05, 4.69) is 36.1 Å². The molecular formula is C14H19N3O. The van der Waals surface area contributed by atoms with Crippen LogP contribution in [-0.4, -0.2) is 21.9 Å². The predicted octanol–water partition coefficient (Wildman–Crippen LogP) is 2.73. The Labute approximate surface area is 107 Å². The van der Waals surface area contributed by atoms with Gasteiger partial charge in [-0.3, -0.25) is 4.79 Å². The van der Waals surface area contributed by atoms with E-state index in [9.17, 15) is 4.79 Å². The number of nitrogens with zero attached hydrogens (tertiary/aromatic N) is 1. The molecule has 0 bridgehead atoms. The first kappa shape index (κ1) is 12.6. The molecule has 0 saturated carbocycles. The van der Waals surface area contributed by atoms with Crippen LogP contribution in [0.3, 0.4) is 0 Å². The highest BCUT2D eigenvalue weighted by Crippen LogP contribution is 2.19. The van der Waals surface area contributed by atoms with Crippen molar-refractivity contribution in [2.45, 2.75) is 33.7 Å². The molecular weight excluding hydrogens is 226 g/mol. The summed E-state index contributed by atoms with van der Waals surface area (Å²) in [7, 11) is 0. The van der Waals surface area contributed by atoms with Crippen molar-refractivity contribution in [1.29, 1.82) is 0 Å². The quantitative estimate of drug-likeness (QED) is 0.854. The summed E-state index contributed by atoms with van der Waals surface area (Å²) in [4.78, 5) is 19.3. The van der Waals surface area contributed by atoms with Crippen LogP contribution in [-0.2, 0) is 0 Å². The van der Waals surface area contributed by atoms with Gasteiger partial charge < -0.3 is 10.3 Å². The summed E-state index contributed by atoms with van der Waals surface area (Å²) in [5.74, 6) is -0.0473. The Bertz CT molecular complexity index is 566. The van der Waals surface area contributed by atoms with Gasteiger partial charge in [0.05, 0.1) is 17.4 Å². The summed E-state index contributed by atoms with van der Waals surface area (Å²) in [5, 5.41) is 3.02. The summed E-state index contributed by atoms with van der Waals surface area (Å²) < 4.78 is 0. The molecule has 1 aromatic carbocycles. The average molecular weight is 245 g/mol. The molecule has 1 atom stereocenters. The van der Waals surface area contributed by atoms with E-state index in [-0.39, 0.29) is 17.4 Å². The Hall–Kier alpha value is -1.84. The molecule has 1 amide bonds. The summed E-state index contributed by atoms with van der Waals surface area (Å²) in [6, 6.07) is 5.59. The van der Waals surface area contributed by atoms with Crippen molar-refractivity contribution in [1.82, 2.24) is 15.3 Å². The number of H-pyrrole nitrogens is 1. The minimum Gasteiger partial charge on any atom is -0.349 e. The molecule has 0 aliphatic heterocycles. The summed E-state index contributed by atoms with van der Waals surface area (Å²) in [6.45, 7) is 8.34. The second kappa shape index (κ2) is 4.44. The molecule has 0 aliphatic rings. The Morgan fingerprint density at radius 2 is 2.11 bits per heavy atom. The molecule has 1 heterocycles. The Balaban J connectivity index is 2.18. The van der Waals surface area contributed by atoms with Gasteiger partial charge in [0.1, 0.15) is 0 Å². The molecule has 2 rings (SSSR count). The van der Waals surface area contributed by atoms with Crippen molar-refractivity contribution >= 4 is 16.9 Å². The molecule has 0 saturated heterocycles. The number of aromatic amines is 1. The Morgan fingerprint density at radius 3 is 2.78 bits per heavy atom. The molecule has 2 aromatic rings. The van der Waals surface area contributed by atoms with E-state index in [0.29, 0.717) is 5.56 Å². The largest absolute Gasteiger partial charge is 0.349 e. The summed E-state index contributed by atoms with van der Waals surface area (Å²) >= 11 is 0. The maximum Gasteiger partial charge on any atom is 0.251 e. The van der Waals surface area contributed by atoms with Gasteiger partial charge in [-0.1, -0.05) is 20.8 Å². The zero-order valence-corrected chi connectivity index (χ0v) is 11.2. The van der Waals surface area contributed by atoms with E-state index in [0.717, 1.165) is 11.0 Å². The maximum atomic E-state index is 12.1. The van der Waals surface area contributed by atoms with Gasteiger partial charge in [-0.25, -0.2) is 4.98 Å². The molecule has 4 heteroatoms. The van der Waals surface area contributed by atoms with E-state index in [1.807, 2.05) is 19.1 Å². The molecule has 2 N–H and O–H groups in total. The highest BCUT2D eigenvalue weighted by molar-refractivity contribution is 5.97. The number of fused-ring (bicyclic) bond motifs is 1. The van der Waals surface area contributed by atoms with Gasteiger partial charge >= 0.3 is 0 Å². The first-order chi connectivity index (χ1) is 8.38. The SMILES string of the molecule is CC(NC(=O)c1ccc2nc[nH]c2c1)C(C)(C)C. The van der Waals surface area contributed by atoms with Crippen molar-refractivity contribution in [3.8, 4) is 0 Å². The second-order valence-corrected chi connectivity index (χ2v) is 5.70. The summed E-state index contributed by atoms with van der Waals surface area (Å²) in [5.41, 5.74) is 2.46. The first-order valence-corrected chi connectivity index (χ1v) is 6.12. The minimum atomic E-state index is -0.0473. The standard InChI is InChI=1S/C14H19N3O/c1-9(14(2,3)4)17-13(18)10-5-6-11-12(7-10)16-8-15-11/h5-9H,1-4H3,(H,15,16)(H,17,18). The van der Waals surface area contributed by atoms with Crippen LogP contribution in [0.1, 0.15) is 38.1 Å². The van der Waals surface area contributed by atoms with Crippen molar-refractivity contribution in [3.63, 3.8) is 0 Å². The normalized spacial score (nSPS) is 13.6. The van der Waals surface area contributed by atoms with E-state index in [4.69, 9.17) is 0 Å². The number of aromatic nitrogens is 2. The Morgan fingerprint density at radius 1 is 1.39 bits per heavy atom. The molecule has 1 aromatic heterocycles. The van der Waals surface area contributed by atoms with E-state index in [1.165, 1.54) is 0 Å². The topological polar surface area (TPSA) is 57.8 Å². The minimum absolute atomic E-state index is 0.0473. The molecule has 18 heavy (non-hydrogen) atoms. The van der Waals surface area contributed by atoms with Gasteiger partial charge in [-0.15, -0.1) is 0 Å². The van der Waals surface area contributed by atoms with E-state index < -0.39 is 0 Å². The second-order valence-electron chi connectivity index (χ2n) is 5.70. The number of nitrogens with one attached hydrogen (secondary N) is 2. The smallest absolute Gasteiger partial charge is 0.251 e. The summed E-state index contributed by atoms with van der Waals surface area (Å²) in [6.07, 6.45) is 1.63. The van der Waals surface area contributed by atoms with Crippen LogP contribution in [0, 0.1) is 5.41 Å². The number of benzene rings is 1. The lowest BCUT2D eigenvalue weighted by atomic mass is 9.88. The van der Waals surface area contributed by atoms with Crippen LogP contribution in [0.25, 0.3) is 11.0 Å². The number of carbonyl (C=O) groups is 1. The van der Waals surface area contributed by atoms with Gasteiger partial charge in [0.2, 0.25) is 0 Å². The number of amides is 1. The highest BCUT2D eigenvalue weighted by atomic mass is 16.1. The van der Waals surface area contributed by atoms with Crippen LogP contribution < -0.4 is 5.32 Å². The number of carbonyl (C=O) groups excluding carboxylic acids is 1. The van der Waals surface area contributed by atoms with Crippen LogP contribution in [0.2, 0.25) is 0 Å². The van der Waals surface area contributed by atoms with Crippen molar-refractivity contribution in [2.75, 3.05) is 0 Å². The molecule has 0 aliphatic carbocycles. The van der Waals surface area contributed by atoms with Gasteiger partial charge in [0, 0.05) is 11.6 Å². The van der Waals surface area contributed by atoms with Crippen LogP contribution in [0.5, 0.6) is 0 Å². The van der Waals surface area contributed by atoms with Gasteiger partial charge in [0.25, 0.3) is 5.91 Å². The fourth-order valence-electron chi connectivity index (χ4n) is 1.57. The average Bonchev–Trinajstić information content (AvgIpc) is 2.74. The third-order valence-electron chi connectivity index (χ3n) is 3.33. The van der Waals surface area contributed by atoms with Gasteiger partial charge in [0.15, 0.2) is 0 Å². The van der Waals surface area contributed by atoms with Crippen molar-refractivity contribution < 1.29 is 4.79 Å².